The Morgan fingerprint density at radius 1 is 1.31 bits per heavy atom. The molecule has 0 unspecified atom stereocenters. The second kappa shape index (κ2) is 8.23. The standard InChI is InChI=1S/C20H29N4O4Si/c1-12(19(26)28-24-15-10-8-7-9-14(15)22-23-24)17-16(18(25)21-17)13(20(2,3)4)11-27-29(5)6/h7-10,12-13,16-17H,11H2,1-6H3,(H,21,25)/t12-,13-,16+,17-/m1/s1. The Bertz CT molecular complexity index is 892. The normalized spacial score (nSPS) is 21.6. The third-order valence-corrected chi connectivity index (χ3v) is 6.25. The van der Waals surface area contributed by atoms with Crippen LogP contribution in [0.25, 0.3) is 11.0 Å². The van der Waals surface area contributed by atoms with E-state index < -0.39 is 20.9 Å². The second-order valence-electron chi connectivity index (χ2n) is 8.90. The van der Waals surface area contributed by atoms with Crippen LogP contribution in [0.3, 0.4) is 0 Å². The van der Waals surface area contributed by atoms with E-state index in [1.165, 1.54) is 0 Å². The maximum absolute atomic E-state index is 12.8. The summed E-state index contributed by atoms with van der Waals surface area (Å²) in [5, 5.41) is 10.8. The number of aromatic nitrogens is 3. The summed E-state index contributed by atoms with van der Waals surface area (Å²) in [6, 6.07) is 6.94. The summed E-state index contributed by atoms with van der Waals surface area (Å²) in [6.07, 6.45) is 0. The van der Waals surface area contributed by atoms with Crippen molar-refractivity contribution in [2.75, 3.05) is 6.61 Å². The Balaban J connectivity index is 1.74. The van der Waals surface area contributed by atoms with E-state index in [1.54, 1.807) is 19.1 Å². The smallest absolute Gasteiger partial charge is 0.339 e. The van der Waals surface area contributed by atoms with Gasteiger partial charge in [0.2, 0.25) is 14.9 Å². The van der Waals surface area contributed by atoms with Gasteiger partial charge < -0.3 is 14.6 Å². The fraction of sp³-hybridized carbons (Fsp3) is 0.600. The van der Waals surface area contributed by atoms with Crippen LogP contribution in [0.15, 0.2) is 24.3 Å². The molecule has 1 aromatic carbocycles. The van der Waals surface area contributed by atoms with Crippen molar-refractivity contribution in [1.29, 1.82) is 0 Å². The van der Waals surface area contributed by atoms with E-state index in [-0.39, 0.29) is 29.2 Å². The Labute approximate surface area is 172 Å². The van der Waals surface area contributed by atoms with Crippen LogP contribution in [0.2, 0.25) is 13.1 Å². The average molecular weight is 418 g/mol. The van der Waals surface area contributed by atoms with Crippen LogP contribution in [-0.4, -0.2) is 48.7 Å². The molecule has 0 bridgehead atoms. The van der Waals surface area contributed by atoms with Crippen molar-refractivity contribution in [2.45, 2.75) is 46.8 Å². The summed E-state index contributed by atoms with van der Waals surface area (Å²) < 4.78 is 5.94. The van der Waals surface area contributed by atoms with Gasteiger partial charge in [0.25, 0.3) is 0 Å². The number of carbonyl (C=O) groups excluding carboxylic acids is 2. The van der Waals surface area contributed by atoms with Crippen LogP contribution in [-0.2, 0) is 14.0 Å². The molecule has 1 aromatic heterocycles. The van der Waals surface area contributed by atoms with Crippen LogP contribution >= 0.6 is 0 Å². The minimum Gasteiger partial charge on any atom is -0.417 e. The van der Waals surface area contributed by atoms with E-state index in [1.807, 2.05) is 12.1 Å². The molecule has 1 N–H and O–H groups in total. The predicted octanol–water partition coefficient (Wildman–Crippen LogP) is 2.07. The van der Waals surface area contributed by atoms with Crippen molar-refractivity contribution in [3.05, 3.63) is 24.3 Å². The van der Waals surface area contributed by atoms with Gasteiger partial charge in [0.15, 0.2) is 0 Å². The fourth-order valence-electron chi connectivity index (χ4n) is 3.66. The minimum absolute atomic E-state index is 0.00333. The highest BCUT2D eigenvalue weighted by Crippen LogP contribution is 2.40. The first-order valence-corrected chi connectivity index (χ1v) is 12.3. The third-order valence-electron chi connectivity index (χ3n) is 5.50. The van der Waals surface area contributed by atoms with Gasteiger partial charge in [-0.15, -0.1) is 5.10 Å². The van der Waals surface area contributed by atoms with Gasteiger partial charge in [-0.2, -0.15) is 0 Å². The predicted molar refractivity (Wildman–Crippen MR) is 110 cm³/mol. The van der Waals surface area contributed by atoms with E-state index in [2.05, 4.69) is 49.5 Å². The van der Waals surface area contributed by atoms with Crippen molar-refractivity contribution in [3.8, 4) is 0 Å². The Morgan fingerprint density at radius 2 is 2.00 bits per heavy atom. The maximum atomic E-state index is 12.8. The maximum Gasteiger partial charge on any atom is 0.339 e. The van der Waals surface area contributed by atoms with Gasteiger partial charge in [-0.25, -0.2) is 4.79 Å². The molecule has 1 radical (unpaired) electrons. The number of benzene rings is 1. The third kappa shape index (κ3) is 4.50. The monoisotopic (exact) mass is 417 g/mol. The molecule has 4 atom stereocenters. The molecular formula is C20H29N4O4Si. The molecule has 1 amide bonds. The zero-order valence-electron chi connectivity index (χ0n) is 17.8. The summed E-state index contributed by atoms with van der Waals surface area (Å²) >= 11 is 0. The van der Waals surface area contributed by atoms with E-state index in [4.69, 9.17) is 9.26 Å². The number of amides is 1. The number of para-hydroxylation sites is 1. The van der Waals surface area contributed by atoms with Crippen LogP contribution in [0.4, 0.5) is 0 Å². The van der Waals surface area contributed by atoms with E-state index in [0.29, 0.717) is 17.6 Å². The first-order valence-electron chi connectivity index (χ1n) is 9.85. The van der Waals surface area contributed by atoms with Gasteiger partial charge in [0, 0.05) is 6.61 Å². The number of β-lactam (4-membered cyclic amide) rings is 1. The molecule has 2 aromatic rings. The highest BCUT2D eigenvalue weighted by molar-refractivity contribution is 6.48. The second-order valence-corrected chi connectivity index (χ2v) is 11.0. The molecule has 0 aliphatic carbocycles. The molecule has 29 heavy (non-hydrogen) atoms. The summed E-state index contributed by atoms with van der Waals surface area (Å²) in [4.78, 5) is 31.8. The van der Waals surface area contributed by atoms with E-state index in [9.17, 15) is 9.59 Å². The number of fused-ring (bicyclic) bond motifs is 1. The van der Waals surface area contributed by atoms with E-state index >= 15 is 0 Å². The Hall–Kier alpha value is -2.26. The number of rotatable bonds is 7. The summed E-state index contributed by atoms with van der Waals surface area (Å²) in [5.74, 6) is -1.32. The lowest BCUT2D eigenvalue weighted by atomic mass is 9.65. The summed E-state index contributed by atoms with van der Waals surface area (Å²) in [6.45, 7) is 12.7. The van der Waals surface area contributed by atoms with E-state index in [0.717, 1.165) is 4.85 Å². The highest BCUT2D eigenvalue weighted by atomic mass is 28.3. The topological polar surface area (TPSA) is 95.3 Å². The summed E-state index contributed by atoms with van der Waals surface area (Å²) in [5.41, 5.74) is 1.12. The lowest BCUT2D eigenvalue weighted by Gasteiger charge is -2.48. The lowest BCUT2D eigenvalue weighted by Crippen LogP contribution is -2.67. The van der Waals surface area contributed by atoms with Crippen molar-refractivity contribution >= 4 is 32.0 Å². The Kier molecular flexibility index (Phi) is 6.09. The molecule has 3 rings (SSSR count). The molecule has 2 heterocycles. The Morgan fingerprint density at radius 3 is 2.62 bits per heavy atom. The molecule has 1 fully saturated rings. The first-order chi connectivity index (χ1) is 13.6. The molecular weight excluding hydrogens is 388 g/mol. The van der Waals surface area contributed by atoms with Crippen molar-refractivity contribution < 1.29 is 18.9 Å². The minimum atomic E-state index is -0.873. The molecule has 1 aliphatic heterocycles. The number of hydrogen-bond donors (Lipinski definition) is 1. The first kappa shape index (κ1) is 21.4. The molecule has 0 saturated carbocycles. The quantitative estimate of drug-likeness (QED) is 0.421. The highest BCUT2D eigenvalue weighted by Gasteiger charge is 2.52. The van der Waals surface area contributed by atoms with Gasteiger partial charge in [0.1, 0.15) is 11.0 Å². The van der Waals surface area contributed by atoms with Crippen molar-refractivity contribution in [1.82, 2.24) is 20.5 Å². The molecule has 157 valence electrons. The fourth-order valence-corrected chi connectivity index (χ4v) is 4.18. The zero-order valence-corrected chi connectivity index (χ0v) is 18.8. The van der Waals surface area contributed by atoms with Crippen molar-refractivity contribution in [3.63, 3.8) is 0 Å². The number of carbonyl (C=O) groups is 2. The molecule has 9 heteroatoms. The largest absolute Gasteiger partial charge is 0.417 e. The van der Waals surface area contributed by atoms with Gasteiger partial charge in [-0.3, -0.25) is 4.79 Å². The van der Waals surface area contributed by atoms with Crippen LogP contribution in [0.5, 0.6) is 0 Å². The van der Waals surface area contributed by atoms with Crippen molar-refractivity contribution in [2.24, 2.45) is 23.2 Å². The molecule has 0 spiro atoms. The SMILES string of the molecule is C[C@@H](C(=O)On1nnc2ccccc21)[C@H]1NC(=O)[C@H]1[C@@H](CO[Si](C)C)C(C)(C)C. The zero-order chi connectivity index (χ0) is 21.3. The van der Waals surface area contributed by atoms with Crippen LogP contribution in [0.1, 0.15) is 27.7 Å². The van der Waals surface area contributed by atoms with Gasteiger partial charge >= 0.3 is 5.97 Å². The van der Waals surface area contributed by atoms with Crippen LogP contribution in [0, 0.1) is 23.2 Å². The number of hydrogen-bond acceptors (Lipinski definition) is 6. The van der Waals surface area contributed by atoms with Gasteiger partial charge in [0.05, 0.1) is 17.9 Å². The summed E-state index contributed by atoms with van der Waals surface area (Å²) in [7, 11) is -0.873. The average Bonchev–Trinajstić information content (AvgIpc) is 3.04. The lowest BCUT2D eigenvalue weighted by molar-refractivity contribution is -0.158. The van der Waals surface area contributed by atoms with Gasteiger partial charge in [-0.1, -0.05) is 37.7 Å². The molecule has 8 nitrogen and oxygen atoms in total. The number of nitrogens with zero attached hydrogens (tertiary/aromatic N) is 3. The molecule has 1 saturated heterocycles. The van der Waals surface area contributed by atoms with Crippen LogP contribution < -0.4 is 10.2 Å². The molecule has 1 aliphatic rings. The van der Waals surface area contributed by atoms with Gasteiger partial charge in [-0.05, 0) is 48.7 Å². The number of nitrogens with one attached hydrogen (secondary N) is 1.